The number of hydrogen-bond donors (Lipinski definition) is 1. The Kier molecular flexibility index (Phi) is 4.36. The highest BCUT2D eigenvalue weighted by atomic mass is 35.5. The molecule has 2 heterocycles. The van der Waals surface area contributed by atoms with Crippen LogP contribution in [-0.2, 0) is 6.42 Å². The number of hydrogen-bond acceptors (Lipinski definition) is 4. The number of benzene rings is 1. The van der Waals surface area contributed by atoms with Crippen LogP contribution in [0.25, 0.3) is 11.4 Å². The average Bonchev–Trinajstić information content (AvgIpc) is 2.90. The van der Waals surface area contributed by atoms with Crippen molar-refractivity contribution in [1.82, 2.24) is 19.5 Å². The topological polar surface area (TPSA) is 69.6 Å². The summed E-state index contributed by atoms with van der Waals surface area (Å²) in [5, 5.41) is 4.92. The molecule has 0 fully saturated rings. The molecule has 5 nitrogen and oxygen atoms in total. The first-order valence-corrected chi connectivity index (χ1v) is 8.59. The van der Waals surface area contributed by atoms with Crippen molar-refractivity contribution >= 4 is 26.3 Å². The number of anilines is 1. The average molecular weight is 332 g/mol. The third-order valence-corrected chi connectivity index (χ3v) is 4.09. The summed E-state index contributed by atoms with van der Waals surface area (Å²) >= 11 is 5.99. The Hall–Kier alpha value is -1.97. The molecule has 0 amide bonds. The summed E-state index contributed by atoms with van der Waals surface area (Å²) in [6.07, 6.45) is 2.83. The van der Waals surface area contributed by atoms with Gasteiger partial charge in [-0.25, -0.2) is 9.97 Å². The normalized spacial score (nSPS) is 11.4. The molecule has 2 aromatic heterocycles. The summed E-state index contributed by atoms with van der Waals surface area (Å²) in [5.41, 5.74) is 9.46. The summed E-state index contributed by atoms with van der Waals surface area (Å²) in [7, 11) is 0.545. The molecule has 3 rings (SSSR count). The van der Waals surface area contributed by atoms with Crippen molar-refractivity contribution in [3.8, 4) is 11.4 Å². The van der Waals surface area contributed by atoms with Gasteiger partial charge in [0, 0.05) is 24.2 Å². The van der Waals surface area contributed by atoms with E-state index in [0.29, 0.717) is 19.6 Å². The van der Waals surface area contributed by atoms with Gasteiger partial charge in [-0.1, -0.05) is 41.9 Å². The monoisotopic (exact) mass is 331 g/mol. The minimum absolute atomic E-state index is 0.154. The zero-order chi connectivity index (χ0) is 15.5. The zero-order valence-corrected chi connectivity index (χ0v) is 13.7. The van der Waals surface area contributed by atoms with Crippen LogP contribution in [0.15, 0.2) is 42.6 Å². The number of nitrogen functional groups attached to an aromatic ring is 1. The Labute approximate surface area is 135 Å². The maximum Gasteiger partial charge on any atom is 0.222 e. The maximum absolute atomic E-state index is 5.99. The SMILES string of the molecule is CPn1cc(Cc2ccccc2)c(-c2cc(Cl)nc(N)n2)n1. The van der Waals surface area contributed by atoms with E-state index in [2.05, 4.69) is 33.9 Å². The molecule has 0 aliphatic heterocycles. The molecule has 0 saturated carbocycles. The summed E-state index contributed by atoms with van der Waals surface area (Å²) < 4.78 is 1.92. The Balaban J connectivity index is 2.05. The van der Waals surface area contributed by atoms with Crippen LogP contribution in [0, 0.1) is 0 Å². The lowest BCUT2D eigenvalue weighted by Gasteiger charge is -2.03. The molecule has 0 radical (unpaired) electrons. The zero-order valence-electron chi connectivity index (χ0n) is 12.0. The van der Waals surface area contributed by atoms with Crippen LogP contribution in [0.4, 0.5) is 5.95 Å². The molecular weight excluding hydrogens is 317 g/mol. The van der Waals surface area contributed by atoms with Crippen molar-refractivity contribution in [3.63, 3.8) is 0 Å². The Morgan fingerprint density at radius 2 is 2.00 bits per heavy atom. The quantitative estimate of drug-likeness (QED) is 0.588. The van der Waals surface area contributed by atoms with Crippen LogP contribution in [0.1, 0.15) is 11.1 Å². The Bertz CT molecular complexity index is 768. The van der Waals surface area contributed by atoms with Gasteiger partial charge in [0.2, 0.25) is 5.95 Å². The molecule has 7 heteroatoms. The highest BCUT2D eigenvalue weighted by Gasteiger charge is 2.14. The van der Waals surface area contributed by atoms with Crippen LogP contribution < -0.4 is 5.73 Å². The first-order chi connectivity index (χ1) is 10.7. The second-order valence-electron chi connectivity index (χ2n) is 4.77. The molecule has 0 bridgehead atoms. The van der Waals surface area contributed by atoms with Gasteiger partial charge in [-0.15, -0.1) is 0 Å². The van der Waals surface area contributed by atoms with Gasteiger partial charge < -0.3 is 5.73 Å². The van der Waals surface area contributed by atoms with Gasteiger partial charge in [0.1, 0.15) is 10.8 Å². The molecule has 0 aliphatic rings. The predicted molar refractivity (Wildman–Crippen MR) is 91.6 cm³/mol. The summed E-state index contributed by atoms with van der Waals surface area (Å²) in [4.78, 5) is 8.16. The van der Waals surface area contributed by atoms with Crippen LogP contribution in [0.2, 0.25) is 5.15 Å². The third-order valence-electron chi connectivity index (χ3n) is 3.21. The van der Waals surface area contributed by atoms with Crippen molar-refractivity contribution in [1.29, 1.82) is 0 Å². The predicted octanol–water partition coefficient (Wildman–Crippen LogP) is 3.24. The minimum atomic E-state index is 0.154. The van der Waals surface area contributed by atoms with Gasteiger partial charge in [-0.05, 0) is 21.0 Å². The van der Waals surface area contributed by atoms with E-state index in [1.807, 2.05) is 28.8 Å². The van der Waals surface area contributed by atoms with E-state index in [0.717, 1.165) is 17.7 Å². The van der Waals surface area contributed by atoms with Crippen molar-refractivity contribution < 1.29 is 0 Å². The summed E-state index contributed by atoms with van der Waals surface area (Å²) in [6.45, 7) is 2.07. The van der Waals surface area contributed by atoms with E-state index >= 15 is 0 Å². The van der Waals surface area contributed by atoms with Crippen molar-refractivity contribution in [2.24, 2.45) is 0 Å². The third kappa shape index (κ3) is 3.26. The Morgan fingerprint density at radius 3 is 2.68 bits per heavy atom. The molecular formula is C15H15ClN5P. The Morgan fingerprint density at radius 1 is 1.23 bits per heavy atom. The molecule has 1 aromatic carbocycles. The van der Waals surface area contributed by atoms with Gasteiger partial charge in [0.05, 0.1) is 5.69 Å². The fraction of sp³-hybridized carbons (Fsp3) is 0.133. The van der Waals surface area contributed by atoms with E-state index < -0.39 is 0 Å². The second-order valence-corrected chi connectivity index (χ2v) is 6.06. The van der Waals surface area contributed by atoms with Crippen LogP contribution in [0.3, 0.4) is 0 Å². The van der Waals surface area contributed by atoms with Crippen LogP contribution in [-0.4, -0.2) is 26.2 Å². The lowest BCUT2D eigenvalue weighted by atomic mass is 10.0. The second kappa shape index (κ2) is 6.42. The molecule has 3 aromatic rings. The summed E-state index contributed by atoms with van der Waals surface area (Å²) in [6, 6.07) is 11.9. The standard InChI is InChI=1S/C15H15ClN5P/c1-22-21-9-11(7-10-5-3-2-4-6-10)14(20-21)12-8-13(16)19-15(17)18-12/h2-6,8-9,22H,7H2,1H3,(H2,17,18,19). The number of rotatable bonds is 4. The fourth-order valence-electron chi connectivity index (χ4n) is 2.24. The smallest absolute Gasteiger partial charge is 0.222 e. The molecule has 0 spiro atoms. The number of nitrogens with two attached hydrogens (primary N) is 1. The van der Waals surface area contributed by atoms with E-state index in [-0.39, 0.29) is 5.95 Å². The van der Waals surface area contributed by atoms with Gasteiger partial charge in [0.25, 0.3) is 0 Å². The fourth-order valence-corrected chi connectivity index (χ4v) is 2.92. The van der Waals surface area contributed by atoms with Crippen molar-refractivity contribution in [2.45, 2.75) is 6.42 Å². The van der Waals surface area contributed by atoms with Crippen LogP contribution >= 0.6 is 20.3 Å². The molecule has 1 unspecified atom stereocenters. The lowest BCUT2D eigenvalue weighted by molar-refractivity contribution is 1.00. The van der Waals surface area contributed by atoms with Crippen molar-refractivity contribution in [3.05, 3.63) is 58.9 Å². The minimum Gasteiger partial charge on any atom is -0.368 e. The van der Waals surface area contributed by atoms with Gasteiger partial charge in [0.15, 0.2) is 0 Å². The van der Waals surface area contributed by atoms with Gasteiger partial charge in [-0.3, -0.25) is 4.45 Å². The van der Waals surface area contributed by atoms with E-state index in [4.69, 9.17) is 17.3 Å². The summed E-state index contributed by atoms with van der Waals surface area (Å²) in [5.74, 6) is 0.154. The molecule has 112 valence electrons. The van der Waals surface area contributed by atoms with E-state index in [9.17, 15) is 0 Å². The highest BCUT2D eigenvalue weighted by molar-refractivity contribution is 7.35. The van der Waals surface area contributed by atoms with E-state index in [1.165, 1.54) is 5.56 Å². The van der Waals surface area contributed by atoms with E-state index in [1.54, 1.807) is 6.07 Å². The maximum atomic E-state index is 5.99. The highest BCUT2D eigenvalue weighted by Crippen LogP contribution is 2.27. The molecule has 0 aliphatic carbocycles. The largest absolute Gasteiger partial charge is 0.368 e. The first kappa shape index (κ1) is 14.9. The molecule has 2 N–H and O–H groups in total. The van der Waals surface area contributed by atoms with Gasteiger partial charge >= 0.3 is 0 Å². The number of halogens is 1. The number of nitrogens with zero attached hydrogens (tertiary/aromatic N) is 4. The van der Waals surface area contributed by atoms with Gasteiger partial charge in [-0.2, -0.15) is 5.10 Å². The van der Waals surface area contributed by atoms with Crippen molar-refractivity contribution in [2.75, 3.05) is 12.4 Å². The van der Waals surface area contributed by atoms with Crippen LogP contribution in [0.5, 0.6) is 0 Å². The molecule has 22 heavy (non-hydrogen) atoms. The lowest BCUT2D eigenvalue weighted by Crippen LogP contribution is -1.98. The molecule has 0 saturated heterocycles. The number of aromatic nitrogens is 4. The first-order valence-electron chi connectivity index (χ1n) is 6.76. The molecule has 1 atom stereocenters.